The third-order valence-corrected chi connectivity index (χ3v) is 2.90. The summed E-state index contributed by atoms with van der Waals surface area (Å²) in [5, 5.41) is 18.2. The zero-order valence-corrected chi connectivity index (χ0v) is 10.1. The highest BCUT2D eigenvalue weighted by Crippen LogP contribution is 2.30. The van der Waals surface area contributed by atoms with Gasteiger partial charge in [-0.3, -0.25) is 9.69 Å². The van der Waals surface area contributed by atoms with Crippen molar-refractivity contribution >= 4 is 5.97 Å². The third kappa shape index (κ3) is 2.83. The summed E-state index contributed by atoms with van der Waals surface area (Å²) in [6, 6.07) is 11.5. The van der Waals surface area contributed by atoms with Gasteiger partial charge < -0.3 is 5.11 Å². The lowest BCUT2D eigenvalue weighted by Crippen LogP contribution is -2.40. The molecule has 0 aliphatic rings. The number of aliphatic carboxylic acids is 1. The summed E-state index contributed by atoms with van der Waals surface area (Å²) in [7, 11) is 3.58. The fourth-order valence-corrected chi connectivity index (χ4v) is 1.85. The van der Waals surface area contributed by atoms with Crippen LogP contribution in [-0.4, -0.2) is 30.1 Å². The fourth-order valence-electron chi connectivity index (χ4n) is 1.85. The van der Waals surface area contributed by atoms with Crippen LogP contribution in [0.1, 0.15) is 18.4 Å². The van der Waals surface area contributed by atoms with Crippen molar-refractivity contribution in [1.29, 1.82) is 5.26 Å². The molecule has 0 spiro atoms. The van der Waals surface area contributed by atoms with E-state index in [1.165, 1.54) is 0 Å². The average Bonchev–Trinajstić information content (AvgIpc) is 2.31. The summed E-state index contributed by atoms with van der Waals surface area (Å²) >= 11 is 0. The summed E-state index contributed by atoms with van der Waals surface area (Å²) in [5.41, 5.74) is -0.0478. The van der Waals surface area contributed by atoms with Crippen LogP contribution in [0.3, 0.4) is 0 Å². The van der Waals surface area contributed by atoms with Crippen molar-refractivity contribution < 1.29 is 9.90 Å². The standard InChI is InChI=1S/C13H16N2O2/c1-15(2)13(10-14,9-8-12(16)17)11-6-4-3-5-7-11/h3-7H,8-9H2,1-2H3,(H,16,17). The van der Waals surface area contributed by atoms with E-state index in [1.54, 1.807) is 19.0 Å². The lowest BCUT2D eigenvalue weighted by atomic mass is 9.85. The number of carboxylic acids is 1. The Labute approximate surface area is 101 Å². The van der Waals surface area contributed by atoms with Crippen molar-refractivity contribution in [3.63, 3.8) is 0 Å². The molecule has 0 heterocycles. The molecule has 1 atom stereocenters. The molecular formula is C13H16N2O2. The molecule has 0 bridgehead atoms. The molecule has 0 aliphatic heterocycles. The Balaban J connectivity index is 3.10. The van der Waals surface area contributed by atoms with Crippen LogP contribution in [-0.2, 0) is 10.3 Å². The van der Waals surface area contributed by atoms with Gasteiger partial charge in [0, 0.05) is 6.42 Å². The van der Waals surface area contributed by atoms with Gasteiger partial charge in [-0.15, -0.1) is 0 Å². The lowest BCUT2D eigenvalue weighted by Gasteiger charge is -2.33. The highest BCUT2D eigenvalue weighted by molar-refractivity contribution is 5.67. The minimum Gasteiger partial charge on any atom is -0.481 e. The van der Waals surface area contributed by atoms with E-state index in [9.17, 15) is 10.1 Å². The number of rotatable bonds is 5. The minimum atomic E-state index is -0.887. The van der Waals surface area contributed by atoms with Gasteiger partial charge in [0.15, 0.2) is 0 Å². The Kier molecular flexibility index (Phi) is 4.24. The number of benzene rings is 1. The number of carbonyl (C=O) groups is 1. The van der Waals surface area contributed by atoms with Gasteiger partial charge in [0.05, 0.1) is 6.07 Å². The van der Waals surface area contributed by atoms with Crippen LogP contribution >= 0.6 is 0 Å². The number of hydrogen-bond acceptors (Lipinski definition) is 3. The number of hydrogen-bond donors (Lipinski definition) is 1. The first-order valence-corrected chi connectivity index (χ1v) is 5.39. The zero-order valence-electron chi connectivity index (χ0n) is 10.1. The van der Waals surface area contributed by atoms with E-state index in [2.05, 4.69) is 6.07 Å². The summed E-state index contributed by atoms with van der Waals surface area (Å²) < 4.78 is 0. The summed E-state index contributed by atoms with van der Waals surface area (Å²) in [4.78, 5) is 12.5. The van der Waals surface area contributed by atoms with Crippen molar-refractivity contribution in [2.75, 3.05) is 14.1 Å². The molecule has 1 N–H and O–H groups in total. The first-order chi connectivity index (χ1) is 8.03. The van der Waals surface area contributed by atoms with Crippen molar-refractivity contribution in [2.45, 2.75) is 18.4 Å². The largest absolute Gasteiger partial charge is 0.481 e. The van der Waals surface area contributed by atoms with Gasteiger partial charge in [0.2, 0.25) is 0 Å². The van der Waals surface area contributed by atoms with Crippen molar-refractivity contribution in [3.05, 3.63) is 35.9 Å². The van der Waals surface area contributed by atoms with Crippen LogP contribution in [0.4, 0.5) is 0 Å². The van der Waals surface area contributed by atoms with Crippen LogP contribution < -0.4 is 0 Å². The maximum absolute atomic E-state index is 10.7. The third-order valence-electron chi connectivity index (χ3n) is 2.90. The Morgan fingerprint density at radius 2 is 2.00 bits per heavy atom. The molecule has 4 heteroatoms. The average molecular weight is 232 g/mol. The van der Waals surface area contributed by atoms with Gasteiger partial charge in [-0.1, -0.05) is 30.3 Å². The van der Waals surface area contributed by atoms with E-state index in [0.717, 1.165) is 5.56 Å². The molecule has 0 amide bonds. The highest BCUT2D eigenvalue weighted by atomic mass is 16.4. The predicted molar refractivity (Wildman–Crippen MR) is 64.3 cm³/mol. The molecular weight excluding hydrogens is 216 g/mol. The molecule has 1 aromatic carbocycles. The first-order valence-electron chi connectivity index (χ1n) is 5.39. The monoisotopic (exact) mass is 232 g/mol. The Hall–Kier alpha value is -1.86. The highest BCUT2D eigenvalue weighted by Gasteiger charge is 2.35. The quantitative estimate of drug-likeness (QED) is 0.841. The molecule has 0 saturated carbocycles. The minimum absolute atomic E-state index is 0.0271. The lowest BCUT2D eigenvalue weighted by molar-refractivity contribution is -0.137. The summed E-state index contributed by atoms with van der Waals surface area (Å²) in [6.45, 7) is 0. The van der Waals surface area contributed by atoms with Gasteiger partial charge in [-0.2, -0.15) is 5.26 Å². The second-order valence-electron chi connectivity index (χ2n) is 4.13. The zero-order chi connectivity index (χ0) is 12.9. The van der Waals surface area contributed by atoms with Gasteiger partial charge >= 0.3 is 5.97 Å². The van der Waals surface area contributed by atoms with Crippen LogP contribution in [0, 0.1) is 11.3 Å². The van der Waals surface area contributed by atoms with E-state index in [0.29, 0.717) is 0 Å². The molecule has 90 valence electrons. The molecule has 4 nitrogen and oxygen atoms in total. The van der Waals surface area contributed by atoms with Crippen LogP contribution in [0.15, 0.2) is 30.3 Å². The van der Waals surface area contributed by atoms with E-state index in [4.69, 9.17) is 5.11 Å². The predicted octanol–water partition coefficient (Wildman–Crippen LogP) is 1.83. The van der Waals surface area contributed by atoms with Crippen molar-refractivity contribution in [1.82, 2.24) is 4.90 Å². The van der Waals surface area contributed by atoms with Crippen LogP contribution in [0.5, 0.6) is 0 Å². The maximum Gasteiger partial charge on any atom is 0.303 e. The van der Waals surface area contributed by atoms with Crippen molar-refractivity contribution in [3.8, 4) is 6.07 Å². The molecule has 1 rings (SSSR count). The Bertz CT molecular complexity index is 423. The van der Waals surface area contributed by atoms with Gasteiger partial charge in [-0.05, 0) is 26.1 Å². The van der Waals surface area contributed by atoms with E-state index >= 15 is 0 Å². The Morgan fingerprint density at radius 3 is 2.41 bits per heavy atom. The normalized spacial score (nSPS) is 14.0. The fraction of sp³-hybridized carbons (Fsp3) is 0.385. The van der Waals surface area contributed by atoms with E-state index in [1.807, 2.05) is 30.3 Å². The maximum atomic E-state index is 10.7. The van der Waals surface area contributed by atoms with E-state index < -0.39 is 11.5 Å². The summed E-state index contributed by atoms with van der Waals surface area (Å²) in [5.74, 6) is -0.887. The number of nitriles is 1. The van der Waals surface area contributed by atoms with Crippen molar-refractivity contribution in [2.24, 2.45) is 0 Å². The smallest absolute Gasteiger partial charge is 0.303 e. The molecule has 17 heavy (non-hydrogen) atoms. The molecule has 0 saturated heterocycles. The second kappa shape index (κ2) is 5.46. The summed E-state index contributed by atoms with van der Waals surface area (Å²) in [6.07, 6.45) is 0.247. The molecule has 1 aromatic rings. The number of carboxylic acid groups (broad SMARTS) is 1. The molecule has 0 aliphatic carbocycles. The Morgan fingerprint density at radius 1 is 1.41 bits per heavy atom. The molecule has 0 fully saturated rings. The van der Waals surface area contributed by atoms with Gasteiger partial charge in [0.25, 0.3) is 0 Å². The van der Waals surface area contributed by atoms with E-state index in [-0.39, 0.29) is 12.8 Å². The van der Waals surface area contributed by atoms with Gasteiger partial charge in [-0.25, -0.2) is 0 Å². The second-order valence-corrected chi connectivity index (χ2v) is 4.13. The van der Waals surface area contributed by atoms with Crippen LogP contribution in [0.25, 0.3) is 0 Å². The van der Waals surface area contributed by atoms with Gasteiger partial charge in [0.1, 0.15) is 5.54 Å². The molecule has 1 unspecified atom stereocenters. The van der Waals surface area contributed by atoms with Crippen LogP contribution in [0.2, 0.25) is 0 Å². The SMILES string of the molecule is CN(C)C(C#N)(CCC(=O)O)c1ccccc1. The number of nitrogens with zero attached hydrogens (tertiary/aromatic N) is 2. The molecule has 0 radical (unpaired) electrons. The first kappa shape index (κ1) is 13.2. The molecule has 0 aromatic heterocycles. The topological polar surface area (TPSA) is 64.3 Å².